The van der Waals surface area contributed by atoms with Crippen LogP contribution in [-0.4, -0.2) is 6.54 Å². The average Bonchev–Trinajstić information content (AvgIpc) is 2.90. The fourth-order valence-corrected chi connectivity index (χ4v) is 2.54. The molecule has 21 heavy (non-hydrogen) atoms. The van der Waals surface area contributed by atoms with Crippen LogP contribution in [0.3, 0.4) is 0 Å². The van der Waals surface area contributed by atoms with Crippen LogP contribution < -0.4 is 5.32 Å². The van der Waals surface area contributed by atoms with E-state index < -0.39 is 0 Å². The Kier molecular flexibility index (Phi) is 3.76. The molecule has 3 aromatic rings. The van der Waals surface area contributed by atoms with E-state index in [1.807, 2.05) is 25.1 Å². The number of halogens is 1. The van der Waals surface area contributed by atoms with E-state index in [2.05, 4.69) is 24.4 Å². The summed E-state index contributed by atoms with van der Waals surface area (Å²) in [6, 6.07) is 13.1. The maximum atomic E-state index is 13.7. The minimum absolute atomic E-state index is 0.319. The molecule has 3 rings (SSSR count). The van der Waals surface area contributed by atoms with Gasteiger partial charge >= 0.3 is 0 Å². The molecule has 2 nitrogen and oxygen atoms in total. The first-order chi connectivity index (χ1) is 10.2. The summed E-state index contributed by atoms with van der Waals surface area (Å²) in [6.45, 7) is 5.94. The summed E-state index contributed by atoms with van der Waals surface area (Å²) >= 11 is 0. The van der Waals surface area contributed by atoms with Crippen molar-refractivity contribution in [2.45, 2.75) is 20.4 Å². The molecule has 0 radical (unpaired) electrons. The molecule has 1 N–H and O–H groups in total. The highest BCUT2D eigenvalue weighted by Gasteiger charge is 2.11. The van der Waals surface area contributed by atoms with E-state index in [1.165, 1.54) is 11.6 Å². The van der Waals surface area contributed by atoms with Crippen LogP contribution in [0.15, 0.2) is 46.9 Å². The lowest BCUT2D eigenvalue weighted by Crippen LogP contribution is -2.11. The Morgan fingerprint density at radius 3 is 2.71 bits per heavy atom. The van der Waals surface area contributed by atoms with E-state index in [0.717, 1.165) is 29.6 Å². The summed E-state index contributed by atoms with van der Waals surface area (Å²) in [7, 11) is 0. The molecule has 0 aliphatic carbocycles. The lowest BCUT2D eigenvalue weighted by Gasteiger charge is -2.07. The summed E-state index contributed by atoms with van der Waals surface area (Å²) in [6.07, 6.45) is 0. The number of nitrogens with one attached hydrogen (secondary N) is 1. The SMILES string of the molecule is CCNCc1ccc(-c2cc3cccc(F)c3o2)c(C)c1. The highest BCUT2D eigenvalue weighted by molar-refractivity contribution is 5.83. The molecule has 3 heteroatoms. The molecule has 0 unspecified atom stereocenters. The van der Waals surface area contributed by atoms with Crippen molar-refractivity contribution >= 4 is 11.0 Å². The van der Waals surface area contributed by atoms with E-state index in [4.69, 9.17) is 4.42 Å². The fourth-order valence-electron chi connectivity index (χ4n) is 2.54. The summed E-state index contributed by atoms with van der Waals surface area (Å²) in [5.41, 5.74) is 3.69. The molecule has 0 spiro atoms. The van der Waals surface area contributed by atoms with Gasteiger partial charge in [-0.25, -0.2) is 4.39 Å². The van der Waals surface area contributed by atoms with Crippen LogP contribution >= 0.6 is 0 Å². The Morgan fingerprint density at radius 1 is 1.14 bits per heavy atom. The molecule has 0 atom stereocenters. The molecule has 1 aromatic heterocycles. The third-order valence-corrected chi connectivity index (χ3v) is 3.63. The van der Waals surface area contributed by atoms with E-state index in [-0.39, 0.29) is 5.82 Å². The topological polar surface area (TPSA) is 25.2 Å². The Labute approximate surface area is 123 Å². The fraction of sp³-hybridized carbons (Fsp3) is 0.222. The first-order valence-corrected chi connectivity index (χ1v) is 7.17. The number of hydrogen-bond donors (Lipinski definition) is 1. The molecule has 0 amide bonds. The van der Waals surface area contributed by atoms with Gasteiger partial charge in [0.05, 0.1) is 0 Å². The number of aryl methyl sites for hydroxylation is 1. The smallest absolute Gasteiger partial charge is 0.170 e. The van der Waals surface area contributed by atoms with Crippen molar-refractivity contribution in [3.63, 3.8) is 0 Å². The summed E-state index contributed by atoms with van der Waals surface area (Å²) in [5, 5.41) is 4.10. The second kappa shape index (κ2) is 5.70. The van der Waals surface area contributed by atoms with Gasteiger partial charge in [-0.1, -0.05) is 37.3 Å². The number of para-hydroxylation sites is 1. The highest BCUT2D eigenvalue weighted by Crippen LogP contribution is 2.31. The number of fused-ring (bicyclic) bond motifs is 1. The van der Waals surface area contributed by atoms with Gasteiger partial charge in [-0.05, 0) is 36.7 Å². The van der Waals surface area contributed by atoms with Crippen molar-refractivity contribution in [2.24, 2.45) is 0 Å². The second-order valence-electron chi connectivity index (χ2n) is 5.20. The number of hydrogen-bond acceptors (Lipinski definition) is 2. The third-order valence-electron chi connectivity index (χ3n) is 3.63. The molecule has 0 fully saturated rings. The molecule has 0 saturated heterocycles. The van der Waals surface area contributed by atoms with Crippen molar-refractivity contribution < 1.29 is 8.81 Å². The number of benzene rings is 2. The van der Waals surface area contributed by atoms with E-state index in [1.54, 1.807) is 6.07 Å². The maximum absolute atomic E-state index is 13.7. The Balaban J connectivity index is 2.00. The highest BCUT2D eigenvalue weighted by atomic mass is 19.1. The van der Waals surface area contributed by atoms with Crippen LogP contribution in [0.2, 0.25) is 0 Å². The number of furan rings is 1. The van der Waals surface area contributed by atoms with Crippen LogP contribution in [0.1, 0.15) is 18.1 Å². The van der Waals surface area contributed by atoms with Crippen molar-refractivity contribution in [3.8, 4) is 11.3 Å². The Morgan fingerprint density at radius 2 is 2.00 bits per heavy atom. The molecule has 0 aliphatic heterocycles. The minimum atomic E-state index is -0.319. The number of rotatable bonds is 4. The van der Waals surface area contributed by atoms with Crippen LogP contribution in [0.5, 0.6) is 0 Å². The summed E-state index contributed by atoms with van der Waals surface area (Å²) in [5.74, 6) is 0.391. The third kappa shape index (κ3) is 2.69. The Hall–Kier alpha value is -2.13. The normalized spacial score (nSPS) is 11.2. The van der Waals surface area contributed by atoms with Gasteiger partial charge in [-0.15, -0.1) is 0 Å². The van der Waals surface area contributed by atoms with E-state index in [9.17, 15) is 4.39 Å². The maximum Gasteiger partial charge on any atom is 0.170 e. The van der Waals surface area contributed by atoms with Crippen molar-refractivity contribution in [2.75, 3.05) is 6.54 Å². The largest absolute Gasteiger partial charge is 0.453 e. The lowest BCUT2D eigenvalue weighted by molar-refractivity contribution is 0.568. The predicted octanol–water partition coefficient (Wildman–Crippen LogP) is 4.66. The standard InChI is InChI=1S/C18H18FNO/c1-3-20-11-13-7-8-15(12(2)9-13)17-10-14-5-4-6-16(19)18(14)21-17/h4-10,20H,3,11H2,1-2H3. The predicted molar refractivity (Wildman–Crippen MR) is 83.7 cm³/mol. The average molecular weight is 283 g/mol. The molecular formula is C18H18FNO. The molecule has 108 valence electrons. The minimum Gasteiger partial charge on any atom is -0.453 e. The quantitative estimate of drug-likeness (QED) is 0.753. The summed E-state index contributed by atoms with van der Waals surface area (Å²) < 4.78 is 19.4. The van der Waals surface area contributed by atoms with Crippen LogP contribution in [-0.2, 0) is 6.54 Å². The molecule has 2 aromatic carbocycles. The van der Waals surface area contributed by atoms with Gasteiger partial charge < -0.3 is 9.73 Å². The first-order valence-electron chi connectivity index (χ1n) is 7.17. The molecule has 0 bridgehead atoms. The van der Waals surface area contributed by atoms with Crippen molar-refractivity contribution in [3.05, 3.63) is 59.4 Å². The Bertz CT molecular complexity index is 776. The lowest BCUT2D eigenvalue weighted by atomic mass is 10.0. The van der Waals surface area contributed by atoms with Crippen molar-refractivity contribution in [1.29, 1.82) is 0 Å². The summed E-state index contributed by atoms with van der Waals surface area (Å²) in [4.78, 5) is 0. The van der Waals surface area contributed by atoms with Gasteiger partial charge in [0.25, 0.3) is 0 Å². The van der Waals surface area contributed by atoms with E-state index in [0.29, 0.717) is 11.3 Å². The zero-order valence-electron chi connectivity index (χ0n) is 12.2. The van der Waals surface area contributed by atoms with Crippen molar-refractivity contribution in [1.82, 2.24) is 5.32 Å². The second-order valence-corrected chi connectivity index (χ2v) is 5.20. The van der Waals surface area contributed by atoms with Crippen LogP contribution in [0.4, 0.5) is 4.39 Å². The van der Waals surface area contributed by atoms with Gasteiger partial charge in [-0.3, -0.25) is 0 Å². The van der Waals surface area contributed by atoms with E-state index >= 15 is 0 Å². The molecule has 1 heterocycles. The zero-order valence-corrected chi connectivity index (χ0v) is 12.2. The zero-order chi connectivity index (χ0) is 14.8. The first kappa shape index (κ1) is 13.8. The van der Waals surface area contributed by atoms with Gasteiger partial charge in [0.1, 0.15) is 5.76 Å². The van der Waals surface area contributed by atoms with Gasteiger partial charge in [0.15, 0.2) is 11.4 Å². The van der Waals surface area contributed by atoms with Gasteiger partial charge in [0, 0.05) is 17.5 Å². The van der Waals surface area contributed by atoms with Crippen LogP contribution in [0.25, 0.3) is 22.3 Å². The van der Waals surface area contributed by atoms with Crippen LogP contribution in [0, 0.1) is 12.7 Å². The molecular weight excluding hydrogens is 265 g/mol. The van der Waals surface area contributed by atoms with Gasteiger partial charge in [0.2, 0.25) is 0 Å². The molecule has 0 saturated carbocycles. The molecule has 0 aliphatic rings. The monoisotopic (exact) mass is 283 g/mol. The van der Waals surface area contributed by atoms with Gasteiger partial charge in [-0.2, -0.15) is 0 Å².